The summed E-state index contributed by atoms with van der Waals surface area (Å²) < 4.78 is 33.4. The highest BCUT2D eigenvalue weighted by atomic mass is 31.2. The number of carbonyl (C=O) groups is 2. The largest absolute Gasteiger partial charge is 0.464 e. The molecule has 0 spiro atoms. The highest BCUT2D eigenvalue weighted by Gasteiger charge is 2.44. The first-order valence-electron chi connectivity index (χ1n) is 8.90. The van der Waals surface area contributed by atoms with Gasteiger partial charge in [-0.2, -0.15) is 0 Å². The summed E-state index contributed by atoms with van der Waals surface area (Å²) in [5, 5.41) is 0. The van der Waals surface area contributed by atoms with Crippen LogP contribution in [0.5, 0.6) is 0 Å². The zero-order valence-corrected chi connectivity index (χ0v) is 16.5. The van der Waals surface area contributed by atoms with Gasteiger partial charge in [-0.25, -0.2) is 9.59 Å². The molecule has 1 heterocycles. The highest BCUT2D eigenvalue weighted by Crippen LogP contribution is 2.50. The Balaban J connectivity index is 2.83. The first-order chi connectivity index (χ1) is 11.9. The van der Waals surface area contributed by atoms with E-state index in [1.165, 1.54) is 4.90 Å². The first kappa shape index (κ1) is 21.9. The molecule has 1 saturated heterocycles. The van der Waals surface area contributed by atoms with Crippen LogP contribution in [-0.2, 0) is 27.9 Å². The molecule has 0 aliphatic carbocycles. The molecule has 2 atom stereocenters. The van der Waals surface area contributed by atoms with E-state index in [9.17, 15) is 14.2 Å². The van der Waals surface area contributed by atoms with E-state index in [2.05, 4.69) is 0 Å². The Bertz CT molecular complexity index is 475. The van der Waals surface area contributed by atoms with Gasteiger partial charge >= 0.3 is 19.7 Å². The van der Waals surface area contributed by atoms with Gasteiger partial charge in [0.2, 0.25) is 0 Å². The van der Waals surface area contributed by atoms with Gasteiger partial charge in [-0.1, -0.05) is 0 Å². The van der Waals surface area contributed by atoms with E-state index >= 15 is 0 Å². The monoisotopic (exact) mass is 379 g/mol. The predicted molar refractivity (Wildman–Crippen MR) is 92.6 cm³/mol. The topological polar surface area (TPSA) is 91.4 Å². The van der Waals surface area contributed by atoms with Crippen LogP contribution in [-0.4, -0.2) is 62.1 Å². The van der Waals surface area contributed by atoms with E-state index < -0.39 is 25.7 Å². The van der Waals surface area contributed by atoms with Gasteiger partial charge in [0, 0.05) is 6.54 Å². The number of hydrogen-bond acceptors (Lipinski definition) is 7. The molecule has 0 radical (unpaired) electrons. The van der Waals surface area contributed by atoms with E-state index in [4.69, 9.17) is 18.5 Å². The van der Waals surface area contributed by atoms with E-state index in [1.54, 1.807) is 27.7 Å². The van der Waals surface area contributed by atoms with Crippen LogP contribution in [0.3, 0.4) is 0 Å². The average molecular weight is 379 g/mol. The van der Waals surface area contributed by atoms with Crippen LogP contribution < -0.4 is 0 Å². The van der Waals surface area contributed by atoms with Crippen LogP contribution in [0.4, 0.5) is 4.79 Å². The summed E-state index contributed by atoms with van der Waals surface area (Å²) in [6, 6.07) is -0.726. The van der Waals surface area contributed by atoms with Crippen molar-refractivity contribution in [2.45, 2.75) is 46.6 Å². The molecule has 0 unspecified atom stereocenters. The molecule has 0 aromatic rings. The number of rotatable bonds is 10. The lowest BCUT2D eigenvalue weighted by Crippen LogP contribution is -2.44. The fourth-order valence-electron chi connectivity index (χ4n) is 3.00. The molecule has 0 N–H and O–H groups in total. The fraction of sp³-hybridized carbons (Fsp3) is 0.875. The Morgan fingerprint density at radius 2 is 1.60 bits per heavy atom. The average Bonchev–Trinajstić information content (AvgIpc) is 2.98. The van der Waals surface area contributed by atoms with Crippen molar-refractivity contribution in [1.29, 1.82) is 0 Å². The van der Waals surface area contributed by atoms with Crippen molar-refractivity contribution < 1.29 is 32.7 Å². The van der Waals surface area contributed by atoms with Gasteiger partial charge in [-0.15, -0.1) is 0 Å². The maximum Gasteiger partial charge on any atom is 0.410 e. The zero-order chi connectivity index (χ0) is 18.9. The Morgan fingerprint density at radius 1 is 1.00 bits per heavy atom. The normalized spacial score (nSPS) is 20.6. The molecule has 1 aliphatic rings. The quantitative estimate of drug-likeness (QED) is 0.425. The highest BCUT2D eigenvalue weighted by molar-refractivity contribution is 7.53. The molecule has 8 nitrogen and oxygen atoms in total. The smallest absolute Gasteiger partial charge is 0.410 e. The second-order valence-corrected chi connectivity index (χ2v) is 7.78. The summed E-state index contributed by atoms with van der Waals surface area (Å²) in [4.78, 5) is 25.9. The van der Waals surface area contributed by atoms with Gasteiger partial charge in [0.1, 0.15) is 6.04 Å². The molecule has 0 aromatic carbocycles. The maximum absolute atomic E-state index is 12.6. The lowest BCUT2D eigenvalue weighted by molar-refractivity contribution is -0.149. The van der Waals surface area contributed by atoms with Crippen LogP contribution in [0.25, 0.3) is 0 Å². The Kier molecular flexibility index (Phi) is 9.46. The van der Waals surface area contributed by atoms with Gasteiger partial charge in [0.15, 0.2) is 0 Å². The molecule has 146 valence electrons. The maximum atomic E-state index is 12.6. The van der Waals surface area contributed by atoms with Gasteiger partial charge in [0.05, 0.1) is 32.6 Å². The number of carbonyl (C=O) groups excluding carboxylic acids is 2. The number of esters is 1. The molecule has 0 saturated carbocycles. The molecular weight excluding hydrogens is 349 g/mol. The second-order valence-electron chi connectivity index (χ2n) is 5.60. The molecular formula is C16H30NO7P. The van der Waals surface area contributed by atoms with Crippen LogP contribution >= 0.6 is 7.60 Å². The molecule has 1 amide bonds. The lowest BCUT2D eigenvalue weighted by atomic mass is 9.97. The summed E-state index contributed by atoms with van der Waals surface area (Å²) in [5.41, 5.74) is 0. The molecule has 9 heteroatoms. The van der Waals surface area contributed by atoms with Gasteiger partial charge < -0.3 is 18.5 Å². The second kappa shape index (κ2) is 10.8. The van der Waals surface area contributed by atoms with E-state index in [0.29, 0.717) is 19.4 Å². The van der Waals surface area contributed by atoms with Crippen molar-refractivity contribution >= 4 is 19.7 Å². The summed E-state index contributed by atoms with van der Waals surface area (Å²) in [6.45, 7) is 8.39. The predicted octanol–water partition coefficient (Wildman–Crippen LogP) is 3.05. The minimum Gasteiger partial charge on any atom is -0.464 e. The number of amides is 1. The summed E-state index contributed by atoms with van der Waals surface area (Å²) in [6.07, 6.45) is 0.726. The minimum absolute atomic E-state index is 0.169. The van der Waals surface area contributed by atoms with Crippen LogP contribution in [0.15, 0.2) is 0 Å². The fourth-order valence-corrected chi connectivity index (χ4v) is 4.77. The van der Waals surface area contributed by atoms with Gasteiger partial charge in [0.25, 0.3) is 0 Å². The number of hydrogen-bond donors (Lipinski definition) is 0. The summed E-state index contributed by atoms with van der Waals surface area (Å²) >= 11 is 0. The van der Waals surface area contributed by atoms with Crippen LogP contribution in [0.1, 0.15) is 40.5 Å². The van der Waals surface area contributed by atoms with Crippen molar-refractivity contribution in [2.75, 3.05) is 39.1 Å². The van der Waals surface area contributed by atoms with Crippen molar-refractivity contribution in [3.8, 4) is 0 Å². The lowest BCUT2D eigenvalue weighted by Gasteiger charge is -2.26. The zero-order valence-electron chi connectivity index (χ0n) is 15.6. The molecule has 0 aromatic heterocycles. The van der Waals surface area contributed by atoms with E-state index in [1.807, 2.05) is 0 Å². The minimum atomic E-state index is -3.19. The van der Waals surface area contributed by atoms with Gasteiger partial charge in [-0.3, -0.25) is 9.46 Å². The summed E-state index contributed by atoms with van der Waals surface area (Å²) in [5.74, 6) is -0.626. The van der Waals surface area contributed by atoms with Crippen molar-refractivity contribution in [3.05, 3.63) is 0 Å². The van der Waals surface area contributed by atoms with E-state index in [-0.39, 0.29) is 38.5 Å². The van der Waals surface area contributed by atoms with Crippen molar-refractivity contribution in [1.82, 2.24) is 4.90 Å². The Labute approximate surface area is 149 Å². The number of ether oxygens (including phenoxy) is 2. The van der Waals surface area contributed by atoms with Crippen molar-refractivity contribution in [3.63, 3.8) is 0 Å². The number of nitrogens with zero attached hydrogens (tertiary/aromatic N) is 1. The van der Waals surface area contributed by atoms with Crippen LogP contribution in [0.2, 0.25) is 0 Å². The molecule has 25 heavy (non-hydrogen) atoms. The number of likely N-dealkylation sites (tertiary alicyclic amines) is 1. The Morgan fingerprint density at radius 3 is 2.12 bits per heavy atom. The third-order valence-electron chi connectivity index (χ3n) is 3.98. The third-order valence-corrected chi connectivity index (χ3v) is 6.09. The van der Waals surface area contributed by atoms with Gasteiger partial charge in [-0.05, 0) is 46.5 Å². The van der Waals surface area contributed by atoms with E-state index in [0.717, 1.165) is 0 Å². The van der Waals surface area contributed by atoms with Crippen molar-refractivity contribution in [2.24, 2.45) is 5.92 Å². The Hall–Kier alpha value is -1.11. The first-order valence-corrected chi connectivity index (χ1v) is 10.6. The SMILES string of the molecule is CCOC(=O)[C@H]1[C@H](CCP(=O)(OCC)OCC)CCN1C(=O)OCC. The summed E-state index contributed by atoms with van der Waals surface area (Å²) in [7, 11) is -3.19. The molecule has 1 aliphatic heterocycles. The standard InChI is InChI=1S/C16H30NO7P/c1-5-21-15(18)14-13(9-11-17(14)16(19)22-6-2)10-12-25(20,23-7-3)24-8-4/h13-14H,5-12H2,1-4H3/t13-,14+/m0/s1. The molecule has 0 bridgehead atoms. The molecule has 1 fully saturated rings. The third kappa shape index (κ3) is 6.28. The molecule has 1 rings (SSSR count). The van der Waals surface area contributed by atoms with Crippen LogP contribution in [0, 0.1) is 5.92 Å².